The third-order valence-corrected chi connectivity index (χ3v) is 4.92. The van der Waals surface area contributed by atoms with E-state index >= 15 is 0 Å². The fourth-order valence-corrected chi connectivity index (χ4v) is 3.25. The van der Waals surface area contributed by atoms with Crippen LogP contribution in [0.4, 0.5) is 0 Å². The molecule has 1 saturated heterocycles. The lowest BCUT2D eigenvalue weighted by Crippen LogP contribution is -2.49. The van der Waals surface area contributed by atoms with Crippen molar-refractivity contribution in [2.45, 2.75) is 70.5 Å². The van der Waals surface area contributed by atoms with Crippen LogP contribution in [0.1, 0.15) is 52.4 Å². The highest BCUT2D eigenvalue weighted by Crippen LogP contribution is 2.26. The molecule has 3 N–H and O–H groups in total. The summed E-state index contributed by atoms with van der Waals surface area (Å²) in [4.78, 5) is 14.6. The number of likely N-dealkylation sites (tertiary alicyclic amines) is 1. The zero-order chi connectivity index (χ0) is 13.8. The molecule has 2 aliphatic rings. The molecule has 2 atom stereocenters. The summed E-state index contributed by atoms with van der Waals surface area (Å²) in [7, 11) is 0. The Labute approximate surface area is 117 Å². The second-order valence-electron chi connectivity index (χ2n) is 6.40. The Kier molecular flexibility index (Phi) is 5.22. The monoisotopic (exact) mass is 267 g/mol. The van der Waals surface area contributed by atoms with E-state index in [0.717, 1.165) is 32.0 Å². The highest BCUT2D eigenvalue weighted by atomic mass is 16.1. The smallest absolute Gasteiger partial charge is 0.224 e. The summed E-state index contributed by atoms with van der Waals surface area (Å²) in [6.45, 7) is 6.09. The van der Waals surface area contributed by atoms with Gasteiger partial charge in [-0.05, 0) is 32.6 Å². The van der Waals surface area contributed by atoms with Gasteiger partial charge in [0.1, 0.15) is 0 Å². The molecule has 0 spiro atoms. The van der Waals surface area contributed by atoms with E-state index in [2.05, 4.69) is 10.2 Å². The first-order valence-electron chi connectivity index (χ1n) is 7.88. The van der Waals surface area contributed by atoms with E-state index < -0.39 is 0 Å². The van der Waals surface area contributed by atoms with Crippen molar-refractivity contribution < 1.29 is 4.79 Å². The normalized spacial score (nSPS) is 26.3. The molecule has 0 radical (unpaired) electrons. The lowest BCUT2D eigenvalue weighted by molar-refractivity contribution is -0.126. The van der Waals surface area contributed by atoms with Crippen molar-refractivity contribution in [3.05, 3.63) is 0 Å². The predicted octanol–water partition coefficient (Wildman–Crippen LogP) is 1.49. The van der Waals surface area contributed by atoms with E-state index in [0.29, 0.717) is 6.04 Å². The fourth-order valence-electron chi connectivity index (χ4n) is 3.25. The van der Waals surface area contributed by atoms with Crippen molar-refractivity contribution in [2.24, 2.45) is 11.7 Å². The van der Waals surface area contributed by atoms with E-state index in [9.17, 15) is 4.79 Å². The number of nitrogens with zero attached hydrogens (tertiary/aromatic N) is 1. The maximum absolute atomic E-state index is 12.0. The highest BCUT2D eigenvalue weighted by molar-refractivity contribution is 5.79. The number of piperidine rings is 1. The average molecular weight is 267 g/mol. The highest BCUT2D eigenvalue weighted by Gasteiger charge is 2.28. The second-order valence-corrected chi connectivity index (χ2v) is 6.40. The molecule has 0 bridgehead atoms. The molecule has 2 rings (SSSR count). The van der Waals surface area contributed by atoms with Gasteiger partial charge in [-0.2, -0.15) is 0 Å². The molecule has 1 aliphatic carbocycles. The molecule has 1 amide bonds. The zero-order valence-corrected chi connectivity index (χ0v) is 12.4. The van der Waals surface area contributed by atoms with Gasteiger partial charge in [-0.1, -0.05) is 19.8 Å². The van der Waals surface area contributed by atoms with Crippen LogP contribution in [0.25, 0.3) is 0 Å². The Hall–Kier alpha value is -0.610. The number of rotatable bonds is 4. The summed E-state index contributed by atoms with van der Waals surface area (Å²) in [5.74, 6) is 0.0298. The first-order chi connectivity index (χ1) is 9.08. The summed E-state index contributed by atoms with van der Waals surface area (Å²) in [6.07, 6.45) is 7.72. The van der Waals surface area contributed by atoms with Crippen LogP contribution in [0.15, 0.2) is 0 Å². The minimum atomic E-state index is -0.0899. The first kappa shape index (κ1) is 14.8. The quantitative estimate of drug-likeness (QED) is 0.811. The van der Waals surface area contributed by atoms with Crippen molar-refractivity contribution in [3.8, 4) is 0 Å². The molecule has 19 heavy (non-hydrogen) atoms. The number of nitrogens with two attached hydrogens (primary N) is 1. The summed E-state index contributed by atoms with van der Waals surface area (Å²) >= 11 is 0. The van der Waals surface area contributed by atoms with Crippen molar-refractivity contribution >= 4 is 5.91 Å². The molecular formula is C15H29N3O. The van der Waals surface area contributed by atoms with Gasteiger partial charge in [0, 0.05) is 37.1 Å². The summed E-state index contributed by atoms with van der Waals surface area (Å²) in [5.41, 5.74) is 5.78. The van der Waals surface area contributed by atoms with Gasteiger partial charge in [0.15, 0.2) is 0 Å². The molecule has 1 heterocycles. The predicted molar refractivity (Wildman–Crippen MR) is 77.8 cm³/mol. The van der Waals surface area contributed by atoms with Crippen LogP contribution in [-0.2, 0) is 4.79 Å². The van der Waals surface area contributed by atoms with Crippen molar-refractivity contribution in [1.29, 1.82) is 0 Å². The van der Waals surface area contributed by atoms with Crippen LogP contribution < -0.4 is 11.1 Å². The van der Waals surface area contributed by atoms with Gasteiger partial charge in [0.05, 0.1) is 0 Å². The number of carbonyl (C=O) groups excluding carboxylic acids is 1. The van der Waals surface area contributed by atoms with Crippen LogP contribution in [0.3, 0.4) is 0 Å². The lowest BCUT2D eigenvalue weighted by atomic mass is 9.99. The Balaban J connectivity index is 1.72. The van der Waals surface area contributed by atoms with Gasteiger partial charge in [-0.15, -0.1) is 0 Å². The number of carbonyl (C=O) groups is 1. The van der Waals surface area contributed by atoms with Crippen molar-refractivity contribution in [2.75, 3.05) is 13.1 Å². The number of hydrogen-bond donors (Lipinski definition) is 2. The molecule has 4 heteroatoms. The maximum atomic E-state index is 12.0. The van der Waals surface area contributed by atoms with Crippen LogP contribution >= 0.6 is 0 Å². The van der Waals surface area contributed by atoms with Gasteiger partial charge in [-0.25, -0.2) is 0 Å². The van der Waals surface area contributed by atoms with Crippen molar-refractivity contribution in [1.82, 2.24) is 10.2 Å². The molecule has 0 aromatic heterocycles. The Bertz CT molecular complexity index is 292. The van der Waals surface area contributed by atoms with Gasteiger partial charge in [0.25, 0.3) is 0 Å². The van der Waals surface area contributed by atoms with E-state index in [1.807, 2.05) is 13.8 Å². The lowest BCUT2D eigenvalue weighted by Gasteiger charge is -2.36. The standard InChI is InChI=1S/C15H29N3O/c1-11(12(2)16)15(19)17-13-7-9-18(10-8-13)14-5-3-4-6-14/h11-14H,3-10,16H2,1-2H3,(H,17,19). The maximum Gasteiger partial charge on any atom is 0.224 e. The molecular weight excluding hydrogens is 238 g/mol. The van der Waals surface area contributed by atoms with E-state index in [1.165, 1.54) is 25.7 Å². The van der Waals surface area contributed by atoms with Crippen LogP contribution in [0, 0.1) is 5.92 Å². The average Bonchev–Trinajstić information content (AvgIpc) is 2.92. The third kappa shape index (κ3) is 3.93. The summed E-state index contributed by atoms with van der Waals surface area (Å²) < 4.78 is 0. The van der Waals surface area contributed by atoms with Gasteiger partial charge in [0.2, 0.25) is 5.91 Å². The summed E-state index contributed by atoms with van der Waals surface area (Å²) in [5, 5.41) is 3.17. The van der Waals surface area contributed by atoms with Crippen LogP contribution in [0.2, 0.25) is 0 Å². The van der Waals surface area contributed by atoms with Gasteiger partial charge >= 0.3 is 0 Å². The van der Waals surface area contributed by atoms with Gasteiger partial charge in [-0.3, -0.25) is 4.79 Å². The minimum Gasteiger partial charge on any atom is -0.353 e. The van der Waals surface area contributed by atoms with Crippen molar-refractivity contribution in [3.63, 3.8) is 0 Å². The number of nitrogens with one attached hydrogen (secondary N) is 1. The van der Waals surface area contributed by atoms with Crippen LogP contribution in [0.5, 0.6) is 0 Å². The Morgan fingerprint density at radius 3 is 2.26 bits per heavy atom. The number of amides is 1. The van der Waals surface area contributed by atoms with E-state index in [4.69, 9.17) is 5.73 Å². The molecule has 0 aromatic rings. The summed E-state index contributed by atoms with van der Waals surface area (Å²) in [6, 6.07) is 1.10. The minimum absolute atomic E-state index is 0.0708. The van der Waals surface area contributed by atoms with E-state index in [1.54, 1.807) is 0 Å². The molecule has 4 nitrogen and oxygen atoms in total. The Morgan fingerprint density at radius 2 is 1.74 bits per heavy atom. The Morgan fingerprint density at radius 1 is 1.16 bits per heavy atom. The third-order valence-electron chi connectivity index (χ3n) is 4.92. The zero-order valence-electron chi connectivity index (χ0n) is 12.4. The number of hydrogen-bond acceptors (Lipinski definition) is 3. The molecule has 2 unspecified atom stereocenters. The topological polar surface area (TPSA) is 58.4 Å². The van der Waals surface area contributed by atoms with E-state index in [-0.39, 0.29) is 17.9 Å². The first-order valence-corrected chi connectivity index (χ1v) is 7.88. The largest absolute Gasteiger partial charge is 0.353 e. The van der Waals surface area contributed by atoms with Crippen LogP contribution in [-0.4, -0.2) is 42.0 Å². The SMILES string of the molecule is CC(N)C(C)C(=O)NC1CCN(C2CCCC2)CC1. The molecule has 110 valence electrons. The molecule has 0 aromatic carbocycles. The molecule has 1 saturated carbocycles. The fraction of sp³-hybridized carbons (Fsp3) is 0.933. The molecule has 2 fully saturated rings. The molecule has 1 aliphatic heterocycles. The second kappa shape index (κ2) is 6.71. The van der Waals surface area contributed by atoms with Gasteiger partial charge < -0.3 is 16.0 Å².